The molecule has 274 valence electrons. The van der Waals surface area contributed by atoms with Gasteiger partial charge in [0.1, 0.15) is 0 Å². The molecule has 1 aliphatic rings. The van der Waals surface area contributed by atoms with Gasteiger partial charge in [-0.2, -0.15) is 33.5 Å². The monoisotopic (exact) mass is 827 g/mol. The van der Waals surface area contributed by atoms with E-state index < -0.39 is 28.9 Å². The van der Waals surface area contributed by atoms with Crippen LogP contribution in [0.1, 0.15) is 91.8 Å². The number of hydrogen-bond acceptors (Lipinski definition) is 1. The Bertz CT molecular complexity index is 2210. The van der Waals surface area contributed by atoms with Crippen LogP contribution in [0.2, 0.25) is 12.6 Å². The van der Waals surface area contributed by atoms with Gasteiger partial charge in [0, 0.05) is 43.5 Å². The van der Waals surface area contributed by atoms with E-state index in [2.05, 4.69) is 128 Å². The Morgan fingerprint density at radius 3 is 2.13 bits per heavy atom. The van der Waals surface area contributed by atoms with E-state index in [1.54, 1.807) is 38.0 Å². The predicted octanol–water partition coefficient (Wildman–Crippen LogP) is 12.6. The summed E-state index contributed by atoms with van der Waals surface area (Å²) in [4.78, 5) is 0. The van der Waals surface area contributed by atoms with Gasteiger partial charge in [-0.3, -0.25) is 0 Å². The van der Waals surface area contributed by atoms with Crippen molar-refractivity contribution in [1.82, 2.24) is 4.57 Å². The first-order valence-electron chi connectivity index (χ1n) is 19.3. The van der Waals surface area contributed by atoms with Gasteiger partial charge in [-0.25, -0.2) is 0 Å². The number of hydrogen-bond donors (Lipinski definition) is 0. The SMILES string of the molecule is Cc1c(C)c(C)[c-]([Si](C)(CCCCCCOC(C)(C)C)[c-]2c(C)cc3c(-c4ccc5c(c4)c4ccccc4n5C)c4c(cc32)CCC4)c1C.[Cl][Zr+2][Cl]. The average molecular weight is 830 g/mol. The number of para-hydroxylation sites is 1. The fourth-order valence-electron chi connectivity index (χ4n) is 9.74. The van der Waals surface area contributed by atoms with Crippen LogP contribution in [-0.2, 0) is 45.5 Å². The molecular formula is C46H57Cl2NOSiZr. The van der Waals surface area contributed by atoms with E-state index in [0.29, 0.717) is 0 Å². The average Bonchev–Trinajstić information content (AvgIpc) is 3.83. The second kappa shape index (κ2) is 16.0. The molecule has 0 bridgehead atoms. The molecule has 1 atom stereocenters. The van der Waals surface area contributed by atoms with Crippen LogP contribution in [0.25, 0.3) is 43.7 Å². The van der Waals surface area contributed by atoms with Crippen molar-refractivity contribution in [3.05, 3.63) is 93.5 Å². The molecule has 0 N–H and O–H groups in total. The Labute approximate surface area is 332 Å². The van der Waals surface area contributed by atoms with Crippen molar-refractivity contribution in [1.29, 1.82) is 0 Å². The third-order valence-corrected chi connectivity index (χ3v) is 17.3. The van der Waals surface area contributed by atoms with E-state index in [1.165, 1.54) is 99.6 Å². The van der Waals surface area contributed by atoms with Gasteiger partial charge >= 0.3 is 37.9 Å². The van der Waals surface area contributed by atoms with Crippen LogP contribution in [-0.4, -0.2) is 24.8 Å². The second-order valence-electron chi connectivity index (χ2n) is 16.6. The van der Waals surface area contributed by atoms with Gasteiger partial charge in [-0.05, 0) is 70.2 Å². The summed E-state index contributed by atoms with van der Waals surface area (Å²) in [5.41, 5.74) is 16.3. The van der Waals surface area contributed by atoms with Gasteiger partial charge in [0.2, 0.25) is 0 Å². The van der Waals surface area contributed by atoms with Crippen molar-refractivity contribution in [2.45, 2.75) is 119 Å². The minimum atomic E-state index is -2.12. The molecule has 0 amide bonds. The van der Waals surface area contributed by atoms with Gasteiger partial charge in [-0.15, -0.1) is 27.6 Å². The van der Waals surface area contributed by atoms with E-state index >= 15 is 0 Å². The summed E-state index contributed by atoms with van der Waals surface area (Å²) < 4.78 is 8.41. The number of rotatable bonds is 10. The van der Waals surface area contributed by atoms with E-state index in [1.807, 2.05) is 0 Å². The summed E-state index contributed by atoms with van der Waals surface area (Å²) in [7, 11) is 9.95. The molecule has 1 unspecified atom stereocenters. The number of ether oxygens (including phenoxy) is 1. The zero-order valence-electron chi connectivity index (χ0n) is 33.2. The van der Waals surface area contributed by atoms with Crippen LogP contribution in [0.4, 0.5) is 0 Å². The standard InChI is InChI=1S/C46H57NOSi.2ClH.Zr/c1-29-26-39-40(44(29)49(10,45-32(4)30(2)31(3)33(45)5)25-16-12-11-15-24-48-46(6,7)8)27-34-18-17-20-36(34)43(39)35-22-23-42-38(28-35)37-19-13-14-21-41(37)47(42)9;;;/h13-14,19,21-23,26-28H,11-12,15-18,20,24-25H2,1-10H3;2*1H;/q-2;;;+4/p-2. The van der Waals surface area contributed by atoms with Crippen LogP contribution in [0, 0.1) is 34.6 Å². The van der Waals surface area contributed by atoms with Crippen LogP contribution < -0.4 is 10.4 Å². The normalized spacial score (nSPS) is 14.2. The first kappa shape index (κ1) is 39.7. The molecule has 5 aromatic carbocycles. The summed E-state index contributed by atoms with van der Waals surface area (Å²) >= 11 is -0.826. The van der Waals surface area contributed by atoms with Crippen LogP contribution in [0.15, 0.2) is 54.6 Å². The Morgan fingerprint density at radius 2 is 1.44 bits per heavy atom. The number of halogens is 2. The van der Waals surface area contributed by atoms with Gasteiger partial charge in [0.15, 0.2) is 0 Å². The molecule has 0 saturated heterocycles. The fourth-order valence-corrected chi connectivity index (χ4v) is 15.2. The molecule has 6 aromatic rings. The maximum atomic E-state index is 6.05. The molecule has 0 radical (unpaired) electrons. The number of aromatic nitrogens is 1. The number of unbranched alkanes of at least 4 members (excludes halogenated alkanes) is 3. The minimum absolute atomic E-state index is 0.0515. The molecule has 0 spiro atoms. The number of benzene rings is 3. The Hall–Kier alpha value is -1.94. The molecule has 0 aliphatic heterocycles. The topological polar surface area (TPSA) is 14.2 Å². The molecular weight excluding hydrogens is 773 g/mol. The van der Waals surface area contributed by atoms with E-state index in [4.69, 9.17) is 21.8 Å². The molecule has 1 heterocycles. The van der Waals surface area contributed by atoms with Crippen molar-refractivity contribution in [3.63, 3.8) is 0 Å². The number of aryl methyl sites for hydroxylation is 3. The van der Waals surface area contributed by atoms with Crippen molar-refractivity contribution in [2.24, 2.45) is 7.05 Å². The zero-order chi connectivity index (χ0) is 37.5. The molecule has 2 nitrogen and oxygen atoms in total. The van der Waals surface area contributed by atoms with Crippen LogP contribution in [0.5, 0.6) is 0 Å². The Balaban J connectivity index is 0.00000150. The Kier molecular flexibility index (Phi) is 12.3. The van der Waals surface area contributed by atoms with Crippen molar-refractivity contribution in [2.75, 3.05) is 6.61 Å². The summed E-state index contributed by atoms with van der Waals surface area (Å²) in [5.74, 6) is 0. The molecule has 0 saturated carbocycles. The van der Waals surface area contributed by atoms with Crippen molar-refractivity contribution >= 4 is 68.1 Å². The van der Waals surface area contributed by atoms with Crippen LogP contribution >= 0.6 is 17.0 Å². The molecule has 6 heteroatoms. The van der Waals surface area contributed by atoms with Gasteiger partial charge in [0.05, 0.1) is 5.60 Å². The predicted molar refractivity (Wildman–Crippen MR) is 228 cm³/mol. The summed E-state index contributed by atoms with van der Waals surface area (Å²) in [5, 5.41) is 9.17. The first-order chi connectivity index (χ1) is 24.7. The second-order valence-corrected chi connectivity index (χ2v) is 24.5. The fraction of sp³-hybridized carbons (Fsp3) is 0.435. The molecule has 7 rings (SSSR count). The molecule has 52 heavy (non-hydrogen) atoms. The molecule has 0 fully saturated rings. The number of fused-ring (bicyclic) bond motifs is 5. The summed E-state index contributed by atoms with van der Waals surface area (Å²) in [6.45, 7) is 22.1. The summed E-state index contributed by atoms with van der Waals surface area (Å²) in [6, 6.07) is 22.7. The van der Waals surface area contributed by atoms with Crippen molar-refractivity contribution < 1.29 is 25.6 Å². The van der Waals surface area contributed by atoms with Gasteiger partial charge in [-0.1, -0.05) is 107 Å². The zero-order valence-corrected chi connectivity index (χ0v) is 38.1. The third kappa shape index (κ3) is 7.38. The molecule has 1 aliphatic carbocycles. The van der Waals surface area contributed by atoms with Crippen LogP contribution in [0.3, 0.4) is 0 Å². The maximum absolute atomic E-state index is 6.05. The van der Waals surface area contributed by atoms with Gasteiger partial charge in [0.25, 0.3) is 0 Å². The molecule has 1 aromatic heterocycles. The van der Waals surface area contributed by atoms with E-state index in [9.17, 15) is 0 Å². The number of nitrogens with zero attached hydrogens (tertiary/aromatic N) is 1. The first-order valence-corrected chi connectivity index (χ1v) is 28.3. The van der Waals surface area contributed by atoms with Crippen molar-refractivity contribution in [3.8, 4) is 11.1 Å². The quantitative estimate of drug-likeness (QED) is 0.0762. The van der Waals surface area contributed by atoms with E-state index in [0.717, 1.165) is 13.0 Å². The third-order valence-electron chi connectivity index (χ3n) is 12.3. The van der Waals surface area contributed by atoms with Gasteiger partial charge < -0.3 is 9.30 Å². The Morgan fingerprint density at radius 1 is 0.788 bits per heavy atom. The summed E-state index contributed by atoms with van der Waals surface area (Å²) in [6.07, 6.45) is 8.58. The van der Waals surface area contributed by atoms with E-state index in [-0.39, 0.29) is 5.60 Å².